The number of aromatic hydroxyl groups is 1. The van der Waals surface area contributed by atoms with Gasteiger partial charge in [-0.2, -0.15) is 48.6 Å². The zero-order chi connectivity index (χ0) is 49.4. The van der Waals surface area contributed by atoms with Gasteiger partial charge < -0.3 is 30.4 Å². The molecule has 2 aromatic heterocycles. The lowest BCUT2D eigenvalue weighted by Crippen LogP contribution is -2.29. The number of rotatable bonds is 13. The SMILES string of the molecule is COc1ccc(Nc2nc(O)nc(Nc3cc(Nc4ccc5c6c4C(=O)c4ccccc4-c6c(C(=O)c4cccc(S(=O)(=O)O)c4)c(=O)n5C)c(S(=O)(=O)O)cc3S(=O)(=O)O)n2)c(S(=O)(=O)O)c1. The quantitative estimate of drug-likeness (QED) is 0.0595. The Morgan fingerprint density at radius 2 is 1.18 bits per heavy atom. The molecule has 0 saturated carbocycles. The van der Waals surface area contributed by atoms with E-state index in [4.69, 9.17) is 4.74 Å². The molecule has 0 spiro atoms. The van der Waals surface area contributed by atoms with Crippen molar-refractivity contribution >= 4 is 97.6 Å². The van der Waals surface area contributed by atoms with E-state index >= 15 is 0 Å². The number of aromatic nitrogens is 4. The molecule has 8 rings (SSSR count). The Morgan fingerprint density at radius 3 is 1.78 bits per heavy atom. The number of carbonyl (C=O) groups is 2. The molecular formula is C40H29N7O17S4. The van der Waals surface area contributed by atoms with Crippen LogP contribution in [0.2, 0.25) is 0 Å². The lowest BCUT2D eigenvalue weighted by atomic mass is 9.80. The number of ketones is 2. The Kier molecular flexibility index (Phi) is 11.4. The molecule has 0 atom stereocenters. The number of anilines is 6. The summed E-state index contributed by atoms with van der Waals surface area (Å²) in [5, 5.41) is 17.9. The summed E-state index contributed by atoms with van der Waals surface area (Å²) in [4.78, 5) is 50.6. The van der Waals surface area contributed by atoms with Crippen LogP contribution in [0.25, 0.3) is 22.0 Å². The van der Waals surface area contributed by atoms with Crippen LogP contribution >= 0.6 is 0 Å². The van der Waals surface area contributed by atoms with Crippen molar-refractivity contribution in [3.63, 3.8) is 0 Å². The number of nitrogens with one attached hydrogen (secondary N) is 3. The molecule has 7 aromatic rings. The van der Waals surface area contributed by atoms with Gasteiger partial charge in [-0.15, -0.1) is 0 Å². The predicted octanol–water partition coefficient (Wildman–Crippen LogP) is 4.10. The number of pyridine rings is 1. The molecule has 0 unspecified atom stereocenters. The monoisotopic (exact) mass is 1010 g/mol. The predicted molar refractivity (Wildman–Crippen MR) is 238 cm³/mol. The molecular weight excluding hydrogens is 979 g/mol. The van der Waals surface area contributed by atoms with E-state index in [1.54, 1.807) is 0 Å². The van der Waals surface area contributed by atoms with Gasteiger partial charge in [0.2, 0.25) is 11.9 Å². The van der Waals surface area contributed by atoms with Crippen LogP contribution in [0.1, 0.15) is 31.8 Å². The second-order valence-electron chi connectivity index (χ2n) is 14.5. The largest absolute Gasteiger partial charge is 0.497 e. The van der Waals surface area contributed by atoms with E-state index in [0.717, 1.165) is 41.0 Å². The molecule has 0 bridgehead atoms. The Bertz CT molecular complexity index is 3920. The summed E-state index contributed by atoms with van der Waals surface area (Å²) < 4.78 is 146. The molecule has 68 heavy (non-hydrogen) atoms. The maximum absolute atomic E-state index is 14.6. The second-order valence-corrected chi connectivity index (χ2v) is 20.1. The fraction of sp³-hybridized carbons (Fsp3) is 0.0500. The molecule has 350 valence electrons. The Morgan fingerprint density at radius 1 is 0.603 bits per heavy atom. The summed E-state index contributed by atoms with van der Waals surface area (Å²) in [5.41, 5.74) is -4.13. The van der Waals surface area contributed by atoms with Crippen molar-refractivity contribution in [2.45, 2.75) is 19.6 Å². The molecule has 28 heteroatoms. The Balaban J connectivity index is 1.31. The maximum Gasteiger partial charge on any atom is 0.320 e. The van der Waals surface area contributed by atoms with E-state index in [0.29, 0.717) is 6.07 Å². The Labute approximate surface area is 382 Å². The highest BCUT2D eigenvalue weighted by Crippen LogP contribution is 2.45. The van der Waals surface area contributed by atoms with Crippen molar-refractivity contribution in [1.82, 2.24) is 19.5 Å². The minimum atomic E-state index is -5.46. The van der Waals surface area contributed by atoms with Crippen molar-refractivity contribution in [3.8, 4) is 22.9 Å². The molecule has 0 radical (unpaired) electrons. The summed E-state index contributed by atoms with van der Waals surface area (Å²) in [5.74, 6) is -3.12. The van der Waals surface area contributed by atoms with Gasteiger partial charge in [0, 0.05) is 35.2 Å². The molecule has 0 aliphatic heterocycles. The Hall–Kier alpha value is -7.70. The summed E-state index contributed by atoms with van der Waals surface area (Å²) in [6.45, 7) is 0. The summed E-state index contributed by atoms with van der Waals surface area (Å²) in [7, 11) is -18.1. The van der Waals surface area contributed by atoms with Gasteiger partial charge in [-0.1, -0.05) is 36.4 Å². The minimum absolute atomic E-state index is 0.00906. The number of nitrogens with zero attached hydrogens (tertiary/aromatic N) is 4. The summed E-state index contributed by atoms with van der Waals surface area (Å²) >= 11 is 0. The van der Waals surface area contributed by atoms with Crippen LogP contribution in [0.5, 0.6) is 11.8 Å². The van der Waals surface area contributed by atoms with E-state index in [1.165, 1.54) is 62.7 Å². The fourth-order valence-corrected chi connectivity index (χ4v) is 9.99. The standard InChI is InChI=1S/C40H29N7O17S4/c1-47-27-13-12-24(32-33(27)31(21-8-3-4-9-22(21)36(32)49)34(37(47)50)35(48)18-6-5-7-20(14-18)65(52,53)54)41-25-16-26(30(68(61,62)63)17-29(25)67(58,59)60)43-39-44-38(45-40(51)46-39)42-23-11-10-19(64-2)15-28(23)66(55,56)57/h3-17,41H,1-2H3,(H,52,53,54)(H,55,56,57)(H,58,59,60)(H,61,62,63)(H3,42,43,44,45,46,51). The van der Waals surface area contributed by atoms with E-state index in [2.05, 4.69) is 30.9 Å². The van der Waals surface area contributed by atoms with E-state index < -0.39 is 112 Å². The third-order valence-electron chi connectivity index (χ3n) is 10.3. The van der Waals surface area contributed by atoms with E-state index in [9.17, 15) is 71.4 Å². The maximum atomic E-state index is 14.6. The number of hydrogen-bond acceptors (Lipinski definition) is 19. The highest BCUT2D eigenvalue weighted by molar-refractivity contribution is 7.87. The first-order valence-corrected chi connectivity index (χ1v) is 24.5. The molecule has 5 aromatic carbocycles. The molecule has 24 nitrogen and oxygen atoms in total. The van der Waals surface area contributed by atoms with Gasteiger partial charge in [-0.25, -0.2) is 0 Å². The third kappa shape index (κ3) is 8.59. The normalized spacial score (nSPS) is 12.6. The van der Waals surface area contributed by atoms with Gasteiger partial charge in [0.05, 0.1) is 51.4 Å². The lowest BCUT2D eigenvalue weighted by Gasteiger charge is -2.26. The molecule has 0 amide bonds. The molecule has 2 heterocycles. The summed E-state index contributed by atoms with van der Waals surface area (Å²) in [6.07, 6.45) is 0. The van der Waals surface area contributed by atoms with Crippen molar-refractivity contribution in [2.24, 2.45) is 7.05 Å². The number of fused-ring (bicyclic) bond motifs is 2. The highest BCUT2D eigenvalue weighted by atomic mass is 32.2. The molecule has 8 N–H and O–H groups in total. The number of benzene rings is 5. The molecule has 1 aliphatic carbocycles. The van der Waals surface area contributed by atoms with E-state index in [-0.39, 0.29) is 55.8 Å². The first-order chi connectivity index (χ1) is 31.8. The summed E-state index contributed by atoms with van der Waals surface area (Å²) in [6, 6.07) is 15.9. The smallest absolute Gasteiger partial charge is 0.320 e. The number of ether oxygens (including phenoxy) is 1. The van der Waals surface area contributed by atoms with Crippen molar-refractivity contribution in [2.75, 3.05) is 23.1 Å². The van der Waals surface area contributed by atoms with Crippen LogP contribution in [-0.4, -0.2) is 95.2 Å². The van der Waals surface area contributed by atoms with Crippen molar-refractivity contribution in [1.29, 1.82) is 0 Å². The second kappa shape index (κ2) is 16.6. The van der Waals surface area contributed by atoms with Gasteiger partial charge in [0.15, 0.2) is 11.6 Å². The van der Waals surface area contributed by atoms with Gasteiger partial charge in [-0.05, 0) is 54.1 Å². The first kappa shape index (κ1) is 46.8. The number of methoxy groups -OCH3 is 1. The average Bonchev–Trinajstić information content (AvgIpc) is 3.25. The third-order valence-corrected chi connectivity index (χ3v) is 13.9. The number of aryl methyl sites for hydroxylation is 1. The van der Waals surface area contributed by atoms with Gasteiger partial charge in [0.25, 0.3) is 46.0 Å². The lowest BCUT2D eigenvalue weighted by molar-refractivity contribution is 0.102. The van der Waals surface area contributed by atoms with Crippen LogP contribution in [0, 0.1) is 0 Å². The van der Waals surface area contributed by atoms with Crippen LogP contribution in [0.4, 0.5) is 34.6 Å². The molecule has 0 fully saturated rings. The van der Waals surface area contributed by atoms with Gasteiger partial charge >= 0.3 is 6.01 Å². The fourth-order valence-electron chi connectivity index (χ4n) is 7.42. The van der Waals surface area contributed by atoms with Crippen LogP contribution in [-0.2, 0) is 47.5 Å². The molecule has 1 aliphatic rings. The van der Waals surface area contributed by atoms with Crippen molar-refractivity contribution in [3.05, 3.63) is 124 Å². The zero-order valence-electron chi connectivity index (χ0n) is 34.2. The number of hydrogen-bond donors (Lipinski definition) is 8. The van der Waals surface area contributed by atoms with Gasteiger partial charge in [-0.3, -0.25) is 32.6 Å². The van der Waals surface area contributed by atoms with Crippen LogP contribution < -0.4 is 26.2 Å². The minimum Gasteiger partial charge on any atom is -0.497 e. The van der Waals surface area contributed by atoms with Crippen molar-refractivity contribution < 1.29 is 71.3 Å². The number of carbonyl (C=O) groups excluding carboxylic acids is 2. The van der Waals surface area contributed by atoms with Crippen LogP contribution in [0.15, 0.2) is 115 Å². The topological polar surface area (TPSA) is 378 Å². The average molecular weight is 1010 g/mol. The van der Waals surface area contributed by atoms with Gasteiger partial charge in [0.1, 0.15) is 20.4 Å². The molecule has 0 saturated heterocycles. The van der Waals surface area contributed by atoms with E-state index in [1.807, 2.05) is 0 Å². The zero-order valence-corrected chi connectivity index (χ0v) is 37.5. The highest BCUT2D eigenvalue weighted by Gasteiger charge is 2.35. The van der Waals surface area contributed by atoms with Crippen LogP contribution in [0.3, 0.4) is 0 Å². The first-order valence-electron chi connectivity index (χ1n) is 18.8.